The summed E-state index contributed by atoms with van der Waals surface area (Å²) in [6.07, 6.45) is 1.62. The summed E-state index contributed by atoms with van der Waals surface area (Å²) in [7, 11) is 0. The van der Waals surface area contributed by atoms with Gasteiger partial charge in [-0.05, 0) is 29.8 Å². The van der Waals surface area contributed by atoms with Gasteiger partial charge in [0.1, 0.15) is 0 Å². The number of carbonyl (C=O) groups is 2. The number of para-hydroxylation sites is 2. The van der Waals surface area contributed by atoms with Crippen LogP contribution in [-0.4, -0.2) is 27.1 Å². The van der Waals surface area contributed by atoms with Crippen molar-refractivity contribution in [1.82, 2.24) is 14.9 Å². The zero-order valence-corrected chi connectivity index (χ0v) is 19.8. The molecule has 0 aliphatic heterocycles. The van der Waals surface area contributed by atoms with Gasteiger partial charge in [0.2, 0.25) is 5.91 Å². The fourth-order valence-electron chi connectivity index (χ4n) is 3.53. The Hall–Kier alpha value is -4.17. The molecule has 0 radical (unpaired) electrons. The minimum atomic E-state index is -0.314. The number of nitrogens with one attached hydrogen (secondary N) is 2. The maximum Gasteiger partial charge on any atom is 0.262 e. The van der Waals surface area contributed by atoms with Crippen LogP contribution in [0.15, 0.2) is 101 Å². The molecule has 0 unspecified atom stereocenters. The summed E-state index contributed by atoms with van der Waals surface area (Å²) < 4.78 is 1.50. The van der Waals surface area contributed by atoms with Crippen LogP contribution in [0.5, 0.6) is 0 Å². The lowest BCUT2D eigenvalue weighted by Gasteiger charge is -2.13. The number of hydrogen-bond donors (Lipinski definition) is 2. The molecular weight excluding hydrogens is 460 g/mol. The maximum absolute atomic E-state index is 12.9. The summed E-state index contributed by atoms with van der Waals surface area (Å²) in [5, 5.41) is 6.63. The van der Waals surface area contributed by atoms with Crippen molar-refractivity contribution < 1.29 is 9.59 Å². The van der Waals surface area contributed by atoms with Crippen molar-refractivity contribution in [3.8, 4) is 0 Å². The first kappa shape index (κ1) is 24.0. The number of nitrogens with zero attached hydrogens (tertiary/aromatic N) is 2. The molecule has 35 heavy (non-hydrogen) atoms. The normalized spacial score (nSPS) is 10.6. The summed E-state index contributed by atoms with van der Waals surface area (Å²) in [4.78, 5) is 43.0. The number of allylic oxidation sites excluding steroid dienone is 1. The van der Waals surface area contributed by atoms with Gasteiger partial charge < -0.3 is 10.6 Å². The van der Waals surface area contributed by atoms with Crippen LogP contribution in [0.4, 0.5) is 5.69 Å². The highest BCUT2D eigenvalue weighted by Gasteiger charge is 2.15. The van der Waals surface area contributed by atoms with Crippen LogP contribution < -0.4 is 16.2 Å². The Labute approximate surface area is 206 Å². The van der Waals surface area contributed by atoms with Gasteiger partial charge in [-0.25, -0.2) is 4.98 Å². The molecule has 7 nitrogen and oxygen atoms in total. The fraction of sp³-hybridized carbons (Fsp3) is 0.111. The number of thioether (sulfide) groups is 1. The van der Waals surface area contributed by atoms with Crippen LogP contribution in [0.2, 0.25) is 0 Å². The zero-order chi connectivity index (χ0) is 24.6. The second kappa shape index (κ2) is 11.3. The molecule has 3 aromatic carbocycles. The first-order valence-corrected chi connectivity index (χ1v) is 12.0. The number of fused-ring (bicyclic) bond motifs is 1. The molecule has 0 saturated carbocycles. The predicted molar refractivity (Wildman–Crippen MR) is 140 cm³/mol. The Bertz CT molecular complexity index is 1430. The van der Waals surface area contributed by atoms with Crippen molar-refractivity contribution in [2.75, 3.05) is 11.1 Å². The topological polar surface area (TPSA) is 93.1 Å². The molecule has 2 N–H and O–H groups in total. The minimum Gasteiger partial charge on any atom is -0.348 e. The second-order valence-corrected chi connectivity index (χ2v) is 8.61. The fourth-order valence-corrected chi connectivity index (χ4v) is 4.34. The standard InChI is InChI=1S/C27H24N4O3S/c1-2-16-31-26(34)21-13-7-9-15-23(21)30-27(31)35-18-24(32)29-22-14-8-6-12-20(22)25(33)28-17-19-10-4-3-5-11-19/h2-15H,1,16-18H2,(H,28,33)(H,29,32). The number of benzene rings is 3. The Morgan fingerprint density at radius 1 is 0.971 bits per heavy atom. The van der Waals surface area contributed by atoms with E-state index < -0.39 is 0 Å². The highest BCUT2D eigenvalue weighted by atomic mass is 32.2. The molecule has 0 atom stereocenters. The van der Waals surface area contributed by atoms with Crippen molar-refractivity contribution >= 4 is 40.2 Å². The van der Waals surface area contributed by atoms with E-state index >= 15 is 0 Å². The average molecular weight is 485 g/mol. The maximum atomic E-state index is 12.9. The lowest BCUT2D eigenvalue weighted by atomic mass is 10.1. The lowest BCUT2D eigenvalue weighted by Crippen LogP contribution is -2.25. The van der Waals surface area contributed by atoms with Gasteiger partial charge in [0, 0.05) is 13.1 Å². The molecule has 1 heterocycles. The zero-order valence-electron chi connectivity index (χ0n) is 18.9. The van der Waals surface area contributed by atoms with E-state index in [0.29, 0.717) is 33.9 Å². The largest absolute Gasteiger partial charge is 0.348 e. The van der Waals surface area contributed by atoms with Gasteiger partial charge in [-0.1, -0.05) is 72.4 Å². The number of rotatable bonds is 9. The van der Waals surface area contributed by atoms with Gasteiger partial charge in [0.25, 0.3) is 11.5 Å². The molecule has 2 amide bonds. The van der Waals surface area contributed by atoms with E-state index in [2.05, 4.69) is 22.2 Å². The van der Waals surface area contributed by atoms with Crippen LogP contribution >= 0.6 is 11.8 Å². The molecular formula is C27H24N4O3S. The smallest absolute Gasteiger partial charge is 0.262 e. The van der Waals surface area contributed by atoms with Crippen LogP contribution in [0.1, 0.15) is 15.9 Å². The predicted octanol–water partition coefficient (Wildman–Crippen LogP) is 4.24. The summed E-state index contributed by atoms with van der Waals surface area (Å²) >= 11 is 1.16. The summed E-state index contributed by atoms with van der Waals surface area (Å²) in [5.41, 5.74) is 2.15. The lowest BCUT2D eigenvalue weighted by molar-refractivity contribution is -0.113. The van der Waals surface area contributed by atoms with E-state index in [-0.39, 0.29) is 29.7 Å². The minimum absolute atomic E-state index is 0.0158. The Morgan fingerprint density at radius 2 is 1.69 bits per heavy atom. The van der Waals surface area contributed by atoms with Gasteiger partial charge in [-0.3, -0.25) is 19.0 Å². The molecule has 0 aliphatic rings. The quantitative estimate of drug-likeness (QED) is 0.211. The van der Waals surface area contributed by atoms with Crippen LogP contribution in [-0.2, 0) is 17.9 Å². The first-order chi connectivity index (χ1) is 17.1. The molecule has 8 heteroatoms. The summed E-state index contributed by atoms with van der Waals surface area (Å²) in [6, 6.07) is 23.5. The third kappa shape index (κ3) is 5.85. The van der Waals surface area contributed by atoms with Gasteiger partial charge in [-0.2, -0.15) is 0 Å². The van der Waals surface area contributed by atoms with Gasteiger partial charge in [-0.15, -0.1) is 6.58 Å². The van der Waals surface area contributed by atoms with Crippen molar-refractivity contribution in [2.24, 2.45) is 0 Å². The molecule has 0 fully saturated rings. The second-order valence-electron chi connectivity index (χ2n) is 7.67. The van der Waals surface area contributed by atoms with E-state index in [1.807, 2.05) is 36.4 Å². The first-order valence-electron chi connectivity index (χ1n) is 11.0. The van der Waals surface area contributed by atoms with Crippen molar-refractivity contribution in [3.05, 3.63) is 113 Å². The highest BCUT2D eigenvalue weighted by molar-refractivity contribution is 7.99. The van der Waals surface area contributed by atoms with Gasteiger partial charge in [0.05, 0.1) is 27.9 Å². The van der Waals surface area contributed by atoms with Crippen LogP contribution in [0.25, 0.3) is 10.9 Å². The number of hydrogen-bond acceptors (Lipinski definition) is 5. The molecule has 0 spiro atoms. The molecule has 4 aromatic rings. The molecule has 0 bridgehead atoms. The Kier molecular flexibility index (Phi) is 7.74. The Morgan fingerprint density at radius 3 is 2.49 bits per heavy atom. The molecule has 0 saturated heterocycles. The van der Waals surface area contributed by atoms with Crippen LogP contribution in [0, 0.1) is 0 Å². The van der Waals surface area contributed by atoms with Crippen LogP contribution in [0.3, 0.4) is 0 Å². The summed E-state index contributed by atoms with van der Waals surface area (Å²) in [6.45, 7) is 4.38. The monoisotopic (exact) mass is 484 g/mol. The summed E-state index contributed by atoms with van der Waals surface area (Å²) in [5.74, 6) is -0.582. The van der Waals surface area contributed by atoms with E-state index in [4.69, 9.17) is 0 Å². The van der Waals surface area contributed by atoms with E-state index in [1.54, 1.807) is 48.5 Å². The Balaban J connectivity index is 1.46. The van der Waals surface area contributed by atoms with Gasteiger partial charge in [0.15, 0.2) is 5.16 Å². The molecule has 1 aromatic heterocycles. The van der Waals surface area contributed by atoms with Gasteiger partial charge >= 0.3 is 0 Å². The number of anilines is 1. The number of amides is 2. The highest BCUT2D eigenvalue weighted by Crippen LogP contribution is 2.20. The molecule has 0 aliphatic carbocycles. The third-order valence-corrected chi connectivity index (χ3v) is 6.19. The van der Waals surface area contributed by atoms with Crippen molar-refractivity contribution in [1.29, 1.82) is 0 Å². The molecule has 4 rings (SSSR count). The third-order valence-electron chi connectivity index (χ3n) is 5.21. The number of carbonyl (C=O) groups excluding carboxylic acids is 2. The SMILES string of the molecule is C=CCn1c(SCC(=O)Nc2ccccc2C(=O)NCc2ccccc2)nc2ccccc2c1=O. The van der Waals surface area contributed by atoms with Crippen molar-refractivity contribution in [3.63, 3.8) is 0 Å². The molecule has 176 valence electrons. The van der Waals surface area contributed by atoms with E-state index in [1.165, 1.54) is 4.57 Å². The van der Waals surface area contributed by atoms with E-state index in [9.17, 15) is 14.4 Å². The van der Waals surface area contributed by atoms with Crippen molar-refractivity contribution in [2.45, 2.75) is 18.2 Å². The van der Waals surface area contributed by atoms with E-state index in [0.717, 1.165) is 17.3 Å². The average Bonchev–Trinajstić information content (AvgIpc) is 2.89. The number of aromatic nitrogens is 2.